The summed E-state index contributed by atoms with van der Waals surface area (Å²) in [5.41, 5.74) is 1.13. The van der Waals surface area contributed by atoms with Crippen molar-refractivity contribution in [2.24, 2.45) is 0 Å². The van der Waals surface area contributed by atoms with E-state index in [9.17, 15) is 4.79 Å². The molecule has 7 nitrogen and oxygen atoms in total. The lowest BCUT2D eigenvalue weighted by Crippen LogP contribution is -2.05. The van der Waals surface area contributed by atoms with Crippen molar-refractivity contribution in [3.05, 3.63) is 59.1 Å². The van der Waals surface area contributed by atoms with Gasteiger partial charge in [-0.15, -0.1) is 5.10 Å². The number of rotatable bonds is 6. The molecule has 0 aliphatic rings. The summed E-state index contributed by atoms with van der Waals surface area (Å²) in [7, 11) is 1.61. The summed E-state index contributed by atoms with van der Waals surface area (Å²) in [5, 5.41) is 12.6. The Balaban J connectivity index is 1.51. The topological polar surface area (TPSA) is 79.1 Å². The number of ether oxygens (including phenoxy) is 2. The molecule has 28 heavy (non-hydrogen) atoms. The number of carbonyl (C=O) groups excluding carboxylic acids is 1. The van der Waals surface area contributed by atoms with E-state index in [1.165, 1.54) is 11.8 Å². The molecule has 1 aromatic heterocycles. The van der Waals surface area contributed by atoms with Crippen molar-refractivity contribution in [2.75, 3.05) is 19.5 Å². The molecule has 9 heteroatoms. The summed E-state index contributed by atoms with van der Waals surface area (Å²) >= 11 is 7.33. The van der Waals surface area contributed by atoms with Crippen LogP contribution in [-0.2, 0) is 4.74 Å². The molecule has 0 radical (unpaired) electrons. The lowest BCUT2D eigenvalue weighted by molar-refractivity contribution is 0.0557. The van der Waals surface area contributed by atoms with E-state index in [1.807, 2.05) is 24.3 Å². The van der Waals surface area contributed by atoms with Crippen LogP contribution in [0.4, 0.5) is 0 Å². The van der Waals surface area contributed by atoms with Crippen molar-refractivity contribution in [1.29, 1.82) is 0 Å². The SMILES string of the molecule is COc1ccc(-n2nnnc2SCC#CCOC(=O)c2ccccc2Cl)cc1. The molecule has 0 spiro atoms. The maximum Gasteiger partial charge on any atom is 0.340 e. The van der Waals surface area contributed by atoms with E-state index in [2.05, 4.69) is 27.4 Å². The average molecular weight is 415 g/mol. The first-order valence-electron chi connectivity index (χ1n) is 8.12. The number of carbonyl (C=O) groups is 1. The van der Waals surface area contributed by atoms with Crippen LogP contribution in [0.2, 0.25) is 5.02 Å². The van der Waals surface area contributed by atoms with Crippen LogP contribution in [0.5, 0.6) is 5.75 Å². The third-order valence-corrected chi connectivity index (χ3v) is 4.66. The van der Waals surface area contributed by atoms with Crippen molar-refractivity contribution >= 4 is 29.3 Å². The molecular weight excluding hydrogens is 400 g/mol. The van der Waals surface area contributed by atoms with Gasteiger partial charge in [0.15, 0.2) is 6.61 Å². The quantitative estimate of drug-likeness (QED) is 0.348. The van der Waals surface area contributed by atoms with Gasteiger partial charge in [-0.2, -0.15) is 4.68 Å². The maximum atomic E-state index is 11.9. The van der Waals surface area contributed by atoms with Gasteiger partial charge in [-0.1, -0.05) is 47.3 Å². The van der Waals surface area contributed by atoms with Gasteiger partial charge in [-0.25, -0.2) is 4.79 Å². The summed E-state index contributed by atoms with van der Waals surface area (Å²) in [6.07, 6.45) is 0. The number of benzene rings is 2. The molecule has 0 amide bonds. The standard InChI is InChI=1S/C19H15ClN4O3S/c1-26-15-10-8-14(9-11-15)24-19(21-22-23-24)28-13-5-4-12-27-18(25)16-6-2-3-7-17(16)20/h2-3,6-11H,12-13H2,1H3. The number of halogens is 1. The average Bonchev–Trinajstić information content (AvgIpc) is 3.19. The second-order valence-electron chi connectivity index (χ2n) is 5.27. The zero-order valence-electron chi connectivity index (χ0n) is 14.8. The Hall–Kier alpha value is -3.02. The summed E-state index contributed by atoms with van der Waals surface area (Å²) in [6, 6.07) is 14.1. The van der Waals surface area contributed by atoms with Crippen molar-refractivity contribution in [2.45, 2.75) is 5.16 Å². The van der Waals surface area contributed by atoms with E-state index < -0.39 is 5.97 Å². The number of thioether (sulfide) groups is 1. The van der Waals surface area contributed by atoms with Crippen molar-refractivity contribution in [3.8, 4) is 23.3 Å². The van der Waals surface area contributed by atoms with Crippen LogP contribution in [0.1, 0.15) is 10.4 Å². The van der Waals surface area contributed by atoms with Gasteiger partial charge in [0.05, 0.1) is 29.1 Å². The molecular formula is C19H15ClN4O3S. The predicted octanol–water partition coefficient (Wildman–Crippen LogP) is 3.28. The fourth-order valence-electron chi connectivity index (χ4n) is 2.16. The molecule has 0 fully saturated rings. The van der Waals surface area contributed by atoms with E-state index in [0.717, 1.165) is 11.4 Å². The van der Waals surface area contributed by atoms with Gasteiger partial charge in [-0.3, -0.25) is 0 Å². The van der Waals surface area contributed by atoms with Crippen molar-refractivity contribution in [3.63, 3.8) is 0 Å². The third kappa shape index (κ3) is 5.03. The number of aromatic nitrogens is 4. The predicted molar refractivity (Wildman–Crippen MR) is 106 cm³/mol. The Morgan fingerprint density at radius 2 is 1.96 bits per heavy atom. The van der Waals surface area contributed by atoms with Gasteiger partial charge >= 0.3 is 5.97 Å². The van der Waals surface area contributed by atoms with Gasteiger partial charge in [0.2, 0.25) is 5.16 Å². The fourth-order valence-corrected chi connectivity index (χ4v) is 3.04. The van der Waals surface area contributed by atoms with E-state index >= 15 is 0 Å². The molecule has 3 aromatic rings. The molecule has 142 valence electrons. The lowest BCUT2D eigenvalue weighted by Gasteiger charge is -2.04. The number of tetrazole rings is 1. The van der Waals surface area contributed by atoms with Gasteiger partial charge in [0.25, 0.3) is 0 Å². The first kappa shape index (κ1) is 19.7. The molecule has 3 rings (SSSR count). The van der Waals surface area contributed by atoms with E-state index in [0.29, 0.717) is 21.5 Å². The summed E-state index contributed by atoms with van der Waals surface area (Å²) in [4.78, 5) is 11.9. The Kier molecular flexibility index (Phi) is 6.89. The van der Waals surface area contributed by atoms with Crippen LogP contribution in [0, 0.1) is 11.8 Å². The van der Waals surface area contributed by atoms with Gasteiger partial charge in [0, 0.05) is 0 Å². The van der Waals surface area contributed by atoms with Crippen LogP contribution >= 0.6 is 23.4 Å². The molecule has 0 aliphatic carbocycles. The smallest absolute Gasteiger partial charge is 0.340 e. The molecule has 0 N–H and O–H groups in total. The first-order chi connectivity index (χ1) is 13.7. The van der Waals surface area contributed by atoms with E-state index in [4.69, 9.17) is 21.1 Å². The molecule has 0 unspecified atom stereocenters. The molecule has 0 atom stereocenters. The molecule has 0 aliphatic heterocycles. The highest BCUT2D eigenvalue weighted by Crippen LogP contribution is 2.20. The van der Waals surface area contributed by atoms with Crippen LogP contribution in [0.25, 0.3) is 5.69 Å². The minimum absolute atomic E-state index is 0.0198. The Morgan fingerprint density at radius 3 is 2.71 bits per heavy atom. The molecule has 0 bridgehead atoms. The number of hydrogen-bond donors (Lipinski definition) is 0. The van der Waals surface area contributed by atoms with E-state index in [1.54, 1.807) is 36.1 Å². The number of hydrogen-bond acceptors (Lipinski definition) is 7. The van der Waals surface area contributed by atoms with E-state index in [-0.39, 0.29) is 6.61 Å². The molecule has 1 heterocycles. The summed E-state index contributed by atoms with van der Waals surface area (Å²) in [6.45, 7) is -0.0198. The minimum Gasteiger partial charge on any atom is -0.497 e. The largest absolute Gasteiger partial charge is 0.497 e. The van der Waals surface area contributed by atoms with Gasteiger partial charge < -0.3 is 9.47 Å². The van der Waals surface area contributed by atoms with Crippen LogP contribution < -0.4 is 4.74 Å². The van der Waals surface area contributed by atoms with Gasteiger partial charge in [0.1, 0.15) is 5.75 Å². The highest BCUT2D eigenvalue weighted by Gasteiger charge is 2.10. The third-order valence-electron chi connectivity index (χ3n) is 3.53. The number of esters is 1. The highest BCUT2D eigenvalue weighted by molar-refractivity contribution is 7.99. The summed E-state index contributed by atoms with van der Waals surface area (Å²) < 4.78 is 11.9. The molecule has 0 saturated carbocycles. The number of nitrogens with zero attached hydrogens (tertiary/aromatic N) is 4. The van der Waals surface area contributed by atoms with Gasteiger partial charge in [-0.05, 0) is 46.8 Å². The molecule has 0 saturated heterocycles. The normalized spacial score (nSPS) is 10.1. The van der Waals surface area contributed by atoms with Crippen molar-refractivity contribution in [1.82, 2.24) is 20.2 Å². The van der Waals surface area contributed by atoms with Crippen molar-refractivity contribution < 1.29 is 14.3 Å². The second kappa shape index (κ2) is 9.78. The van der Waals surface area contributed by atoms with Crippen LogP contribution in [0.15, 0.2) is 53.7 Å². The Labute approximate surface area is 171 Å². The Morgan fingerprint density at radius 1 is 1.18 bits per heavy atom. The Bertz CT molecular complexity index is 1010. The monoisotopic (exact) mass is 414 g/mol. The molecule has 2 aromatic carbocycles. The lowest BCUT2D eigenvalue weighted by atomic mass is 10.2. The van der Waals surface area contributed by atoms with Crippen LogP contribution in [0.3, 0.4) is 0 Å². The maximum absolute atomic E-state index is 11.9. The second-order valence-corrected chi connectivity index (χ2v) is 6.62. The summed E-state index contributed by atoms with van der Waals surface area (Å²) in [5.74, 6) is 6.40. The minimum atomic E-state index is -0.504. The first-order valence-corrected chi connectivity index (χ1v) is 9.48. The highest BCUT2D eigenvalue weighted by atomic mass is 35.5. The zero-order valence-corrected chi connectivity index (χ0v) is 16.4. The van der Waals surface area contributed by atoms with Crippen LogP contribution in [-0.4, -0.2) is 45.6 Å². The zero-order chi connectivity index (χ0) is 19.8. The number of methoxy groups -OCH3 is 1. The fraction of sp³-hybridized carbons (Fsp3) is 0.158.